The molecule has 2 saturated heterocycles. The molecule has 0 radical (unpaired) electrons. The van der Waals surface area contributed by atoms with Crippen molar-refractivity contribution < 1.29 is 9.59 Å². The number of amides is 2. The van der Waals surface area contributed by atoms with Gasteiger partial charge in [0.2, 0.25) is 11.8 Å². The lowest BCUT2D eigenvalue weighted by Crippen LogP contribution is -2.52. The van der Waals surface area contributed by atoms with E-state index in [0.717, 1.165) is 44.6 Å². The number of hydrogen-bond acceptors (Lipinski definition) is 3. The second-order valence-electron chi connectivity index (χ2n) is 7.23. The van der Waals surface area contributed by atoms with Crippen LogP contribution in [-0.4, -0.2) is 72.3 Å². The number of carbonyl (C=O) groups is 2. The van der Waals surface area contributed by atoms with Crippen LogP contribution < -0.4 is 0 Å². The normalized spacial score (nSPS) is 18.8. The Morgan fingerprint density at radius 1 is 0.885 bits per heavy atom. The smallest absolute Gasteiger partial charge is 0.236 e. The summed E-state index contributed by atoms with van der Waals surface area (Å²) in [5, 5.41) is 0.710. The van der Waals surface area contributed by atoms with Crippen LogP contribution in [0.1, 0.15) is 31.2 Å². The standard InChI is InChI=1S/C20H28ClN3O2/c21-18-6-4-5-17(15-18)7-8-19(25)24-13-11-22(12-14-24)16-20(26)23-9-2-1-3-10-23/h4-6,15H,1-3,7-14,16H2. The summed E-state index contributed by atoms with van der Waals surface area (Å²) in [5.74, 6) is 0.428. The van der Waals surface area contributed by atoms with Crippen LogP contribution >= 0.6 is 11.6 Å². The molecule has 2 aliphatic heterocycles. The summed E-state index contributed by atoms with van der Waals surface area (Å²) >= 11 is 5.99. The predicted octanol–water partition coefficient (Wildman–Crippen LogP) is 2.43. The average Bonchev–Trinajstić information content (AvgIpc) is 2.67. The minimum absolute atomic E-state index is 0.187. The molecule has 0 aliphatic carbocycles. The fourth-order valence-electron chi connectivity index (χ4n) is 3.69. The first-order valence-electron chi connectivity index (χ1n) is 9.64. The minimum Gasteiger partial charge on any atom is -0.342 e. The van der Waals surface area contributed by atoms with Gasteiger partial charge in [-0.1, -0.05) is 23.7 Å². The first kappa shape index (κ1) is 19.2. The summed E-state index contributed by atoms with van der Waals surface area (Å²) in [5.41, 5.74) is 1.09. The van der Waals surface area contributed by atoms with E-state index in [2.05, 4.69) is 4.90 Å². The number of rotatable bonds is 5. The topological polar surface area (TPSA) is 43.9 Å². The maximum atomic E-state index is 12.4. The molecular weight excluding hydrogens is 350 g/mol. The first-order valence-corrected chi connectivity index (χ1v) is 10.0. The van der Waals surface area contributed by atoms with Crippen molar-refractivity contribution in [2.75, 3.05) is 45.8 Å². The summed E-state index contributed by atoms with van der Waals surface area (Å²) in [7, 11) is 0. The van der Waals surface area contributed by atoms with Crippen LogP contribution in [0.5, 0.6) is 0 Å². The number of likely N-dealkylation sites (tertiary alicyclic amines) is 1. The van der Waals surface area contributed by atoms with Gasteiger partial charge in [-0.05, 0) is 43.4 Å². The van der Waals surface area contributed by atoms with Crippen molar-refractivity contribution in [3.63, 3.8) is 0 Å². The van der Waals surface area contributed by atoms with Crippen molar-refractivity contribution in [3.05, 3.63) is 34.9 Å². The van der Waals surface area contributed by atoms with Crippen LogP contribution in [0, 0.1) is 0 Å². The van der Waals surface area contributed by atoms with E-state index in [9.17, 15) is 9.59 Å². The Morgan fingerprint density at radius 2 is 1.58 bits per heavy atom. The Labute approximate surface area is 160 Å². The van der Waals surface area contributed by atoms with Crippen LogP contribution in [0.3, 0.4) is 0 Å². The van der Waals surface area contributed by atoms with Gasteiger partial charge in [0.15, 0.2) is 0 Å². The minimum atomic E-state index is 0.187. The fourth-order valence-corrected chi connectivity index (χ4v) is 3.90. The zero-order valence-corrected chi connectivity index (χ0v) is 16.1. The van der Waals surface area contributed by atoms with E-state index in [1.165, 1.54) is 6.42 Å². The van der Waals surface area contributed by atoms with Gasteiger partial charge in [-0.3, -0.25) is 14.5 Å². The van der Waals surface area contributed by atoms with Gasteiger partial charge in [0.25, 0.3) is 0 Å². The lowest BCUT2D eigenvalue weighted by Gasteiger charge is -2.36. The van der Waals surface area contributed by atoms with E-state index >= 15 is 0 Å². The van der Waals surface area contributed by atoms with E-state index in [1.807, 2.05) is 34.1 Å². The van der Waals surface area contributed by atoms with E-state index < -0.39 is 0 Å². The molecule has 0 aromatic heterocycles. The highest BCUT2D eigenvalue weighted by Crippen LogP contribution is 2.14. The molecule has 0 atom stereocenters. The van der Waals surface area contributed by atoms with Gasteiger partial charge in [-0.25, -0.2) is 0 Å². The molecule has 6 heteroatoms. The molecular formula is C20H28ClN3O2. The molecule has 0 unspecified atom stereocenters. The molecule has 1 aromatic carbocycles. The number of benzene rings is 1. The highest BCUT2D eigenvalue weighted by molar-refractivity contribution is 6.30. The number of halogens is 1. The number of hydrogen-bond donors (Lipinski definition) is 0. The van der Waals surface area contributed by atoms with Crippen molar-refractivity contribution in [1.29, 1.82) is 0 Å². The summed E-state index contributed by atoms with van der Waals surface area (Å²) < 4.78 is 0. The van der Waals surface area contributed by atoms with E-state index in [4.69, 9.17) is 11.6 Å². The lowest BCUT2D eigenvalue weighted by molar-refractivity contribution is -0.135. The maximum absolute atomic E-state index is 12.4. The second-order valence-corrected chi connectivity index (χ2v) is 7.66. The monoisotopic (exact) mass is 377 g/mol. The Morgan fingerprint density at radius 3 is 2.27 bits per heavy atom. The second kappa shape index (κ2) is 9.38. The van der Waals surface area contributed by atoms with Crippen molar-refractivity contribution in [2.45, 2.75) is 32.1 Å². The molecule has 0 N–H and O–H groups in total. The molecule has 0 saturated carbocycles. The molecule has 0 bridgehead atoms. The summed E-state index contributed by atoms with van der Waals surface area (Å²) in [6.07, 6.45) is 4.71. The van der Waals surface area contributed by atoms with E-state index in [1.54, 1.807) is 0 Å². The van der Waals surface area contributed by atoms with Gasteiger partial charge < -0.3 is 9.80 Å². The van der Waals surface area contributed by atoms with Crippen LogP contribution in [0.25, 0.3) is 0 Å². The van der Waals surface area contributed by atoms with Gasteiger partial charge in [0, 0.05) is 50.7 Å². The fraction of sp³-hybridized carbons (Fsp3) is 0.600. The quantitative estimate of drug-likeness (QED) is 0.791. The van der Waals surface area contributed by atoms with Crippen LogP contribution in [-0.2, 0) is 16.0 Å². The molecule has 1 aromatic rings. The number of nitrogens with zero attached hydrogens (tertiary/aromatic N) is 3. The molecule has 2 fully saturated rings. The molecule has 3 rings (SSSR count). The average molecular weight is 378 g/mol. The van der Waals surface area contributed by atoms with Gasteiger partial charge in [0.1, 0.15) is 0 Å². The summed E-state index contributed by atoms with van der Waals surface area (Å²) in [6.45, 7) is 5.28. The van der Waals surface area contributed by atoms with Crippen molar-refractivity contribution in [2.24, 2.45) is 0 Å². The molecule has 142 valence electrons. The lowest BCUT2D eigenvalue weighted by atomic mass is 10.1. The number of piperidine rings is 1. The SMILES string of the molecule is O=C(CCc1cccc(Cl)c1)N1CCN(CC(=O)N2CCCCC2)CC1. The van der Waals surface area contributed by atoms with Gasteiger partial charge >= 0.3 is 0 Å². The Hall–Kier alpha value is -1.59. The third-order valence-electron chi connectivity index (χ3n) is 5.31. The zero-order valence-electron chi connectivity index (χ0n) is 15.3. The van der Waals surface area contributed by atoms with Gasteiger partial charge in [-0.15, -0.1) is 0 Å². The largest absolute Gasteiger partial charge is 0.342 e. The van der Waals surface area contributed by atoms with Gasteiger partial charge in [0.05, 0.1) is 6.54 Å². The molecule has 2 amide bonds. The van der Waals surface area contributed by atoms with E-state index in [0.29, 0.717) is 37.5 Å². The Kier molecular flexibility index (Phi) is 6.92. The molecule has 26 heavy (non-hydrogen) atoms. The summed E-state index contributed by atoms with van der Waals surface area (Å²) in [4.78, 5) is 30.9. The number of carbonyl (C=O) groups excluding carboxylic acids is 2. The summed E-state index contributed by atoms with van der Waals surface area (Å²) in [6, 6.07) is 7.68. The zero-order chi connectivity index (χ0) is 18.4. The van der Waals surface area contributed by atoms with Crippen LogP contribution in [0.15, 0.2) is 24.3 Å². The van der Waals surface area contributed by atoms with E-state index in [-0.39, 0.29) is 11.8 Å². The molecule has 0 spiro atoms. The molecule has 2 heterocycles. The van der Waals surface area contributed by atoms with Crippen molar-refractivity contribution >= 4 is 23.4 Å². The third-order valence-corrected chi connectivity index (χ3v) is 5.54. The Balaban J connectivity index is 1.38. The highest BCUT2D eigenvalue weighted by atomic mass is 35.5. The van der Waals surface area contributed by atoms with Gasteiger partial charge in [-0.2, -0.15) is 0 Å². The maximum Gasteiger partial charge on any atom is 0.236 e. The number of piperazine rings is 1. The van der Waals surface area contributed by atoms with Crippen molar-refractivity contribution in [3.8, 4) is 0 Å². The number of aryl methyl sites for hydroxylation is 1. The van der Waals surface area contributed by atoms with Crippen LogP contribution in [0.4, 0.5) is 0 Å². The van der Waals surface area contributed by atoms with Crippen molar-refractivity contribution in [1.82, 2.24) is 14.7 Å². The van der Waals surface area contributed by atoms with Crippen LogP contribution in [0.2, 0.25) is 5.02 Å². The highest BCUT2D eigenvalue weighted by Gasteiger charge is 2.24. The first-order chi connectivity index (χ1) is 12.6. The molecule has 2 aliphatic rings. The Bertz CT molecular complexity index is 623. The predicted molar refractivity (Wildman–Crippen MR) is 103 cm³/mol. The molecule has 5 nitrogen and oxygen atoms in total. The third kappa shape index (κ3) is 5.45.